The summed E-state index contributed by atoms with van der Waals surface area (Å²) in [7, 11) is 1.72. The van der Waals surface area contributed by atoms with Crippen molar-refractivity contribution >= 4 is 17.3 Å². The molecule has 4 nitrogen and oxygen atoms in total. The summed E-state index contributed by atoms with van der Waals surface area (Å²) >= 11 is 0. The van der Waals surface area contributed by atoms with E-state index in [1.807, 2.05) is 23.1 Å². The number of carbonyl (C=O) groups excluding carboxylic acids is 1. The number of carbonyl (C=O) groups is 1. The summed E-state index contributed by atoms with van der Waals surface area (Å²) < 4.78 is 5.57. The third-order valence-corrected chi connectivity index (χ3v) is 6.41. The van der Waals surface area contributed by atoms with E-state index in [9.17, 15) is 4.79 Å². The van der Waals surface area contributed by atoms with E-state index in [2.05, 4.69) is 41.3 Å². The minimum Gasteiger partial charge on any atom is -0.496 e. The van der Waals surface area contributed by atoms with Crippen LogP contribution in [0.2, 0.25) is 0 Å². The Balaban J connectivity index is 1.44. The lowest BCUT2D eigenvalue weighted by Crippen LogP contribution is -2.51. The van der Waals surface area contributed by atoms with E-state index in [0.717, 1.165) is 55.6 Å². The molecule has 3 aliphatic heterocycles. The summed E-state index contributed by atoms with van der Waals surface area (Å²) in [4.78, 5) is 17.7. The van der Waals surface area contributed by atoms with Crippen molar-refractivity contribution in [1.29, 1.82) is 0 Å². The summed E-state index contributed by atoms with van der Waals surface area (Å²) in [6, 6.07) is 17.2. The predicted molar refractivity (Wildman–Crippen MR) is 112 cm³/mol. The van der Waals surface area contributed by atoms with E-state index >= 15 is 0 Å². The van der Waals surface area contributed by atoms with Crippen LogP contribution in [-0.2, 0) is 6.42 Å². The topological polar surface area (TPSA) is 32.8 Å². The van der Waals surface area contributed by atoms with E-state index in [4.69, 9.17) is 4.74 Å². The number of rotatable bonds is 2. The second-order valence-electron chi connectivity index (χ2n) is 7.97. The van der Waals surface area contributed by atoms with E-state index < -0.39 is 0 Å². The number of hydrogen-bond acceptors (Lipinski definition) is 2. The highest BCUT2D eigenvalue weighted by molar-refractivity contribution is 5.94. The van der Waals surface area contributed by atoms with E-state index in [-0.39, 0.29) is 18.1 Å². The Bertz CT molecular complexity index is 936. The molecule has 28 heavy (non-hydrogen) atoms. The molecule has 2 aromatic carbocycles. The molecule has 0 spiro atoms. The third-order valence-electron chi connectivity index (χ3n) is 6.41. The van der Waals surface area contributed by atoms with Gasteiger partial charge in [-0.1, -0.05) is 42.5 Å². The number of methoxy groups -OCH3 is 1. The van der Waals surface area contributed by atoms with Crippen molar-refractivity contribution < 1.29 is 9.53 Å². The number of para-hydroxylation sites is 2. The molecule has 0 saturated carbocycles. The molecular weight excluding hydrogens is 348 g/mol. The van der Waals surface area contributed by atoms with Gasteiger partial charge in [-0.25, -0.2) is 4.79 Å². The molecule has 2 bridgehead atoms. The standard InChI is InChI=1S/C24H26N2O2/c1-28-23-11-5-3-9-21(23)18-15-19-12-13-20(16-18)26(19)24(27)25-14-6-8-17-7-2-4-10-22(17)25/h2-5,7,9-11,15,19-20H,6,8,12-14,16H2,1H3. The van der Waals surface area contributed by atoms with Gasteiger partial charge < -0.3 is 9.64 Å². The van der Waals surface area contributed by atoms with Gasteiger partial charge in [0.2, 0.25) is 0 Å². The maximum atomic E-state index is 13.5. The predicted octanol–water partition coefficient (Wildman–Crippen LogP) is 4.89. The summed E-state index contributed by atoms with van der Waals surface area (Å²) in [6.45, 7) is 0.814. The molecule has 2 unspecified atom stereocenters. The molecule has 2 amide bonds. The molecule has 3 heterocycles. The maximum Gasteiger partial charge on any atom is 0.325 e. The van der Waals surface area contributed by atoms with Crippen molar-refractivity contribution in [2.45, 2.75) is 44.2 Å². The number of benzene rings is 2. The van der Waals surface area contributed by atoms with Crippen LogP contribution in [0.1, 0.15) is 36.8 Å². The molecule has 2 atom stereocenters. The Kier molecular flexibility index (Phi) is 4.34. The zero-order valence-electron chi connectivity index (χ0n) is 16.3. The fourth-order valence-electron chi connectivity index (χ4n) is 5.11. The van der Waals surface area contributed by atoms with E-state index in [1.165, 1.54) is 11.1 Å². The molecule has 3 aliphatic rings. The molecule has 0 aliphatic carbocycles. The number of amides is 2. The smallest absolute Gasteiger partial charge is 0.325 e. The lowest BCUT2D eigenvalue weighted by atomic mass is 9.94. The van der Waals surface area contributed by atoms with Crippen molar-refractivity contribution in [1.82, 2.24) is 4.90 Å². The number of urea groups is 1. The highest BCUT2D eigenvalue weighted by Gasteiger charge is 2.42. The van der Waals surface area contributed by atoms with Crippen molar-refractivity contribution in [3.05, 3.63) is 65.7 Å². The summed E-state index contributed by atoms with van der Waals surface area (Å²) in [6.07, 6.45) is 7.41. The Morgan fingerprint density at radius 3 is 2.75 bits per heavy atom. The normalized spacial score (nSPS) is 23.2. The van der Waals surface area contributed by atoms with Crippen LogP contribution in [0.25, 0.3) is 5.57 Å². The first kappa shape index (κ1) is 17.4. The zero-order chi connectivity index (χ0) is 19.1. The Labute approximate surface area is 166 Å². The van der Waals surface area contributed by atoms with Crippen LogP contribution in [0.4, 0.5) is 10.5 Å². The molecule has 0 aromatic heterocycles. The average molecular weight is 374 g/mol. The van der Waals surface area contributed by atoms with Gasteiger partial charge >= 0.3 is 6.03 Å². The maximum absolute atomic E-state index is 13.5. The highest BCUT2D eigenvalue weighted by atomic mass is 16.5. The zero-order valence-corrected chi connectivity index (χ0v) is 16.3. The second kappa shape index (κ2) is 7.01. The third kappa shape index (κ3) is 2.79. The Hall–Kier alpha value is -2.75. The number of anilines is 1. The van der Waals surface area contributed by atoms with Gasteiger partial charge in [-0.3, -0.25) is 4.90 Å². The van der Waals surface area contributed by atoms with Gasteiger partial charge in [0.25, 0.3) is 0 Å². The number of fused-ring (bicyclic) bond motifs is 3. The van der Waals surface area contributed by atoms with Crippen LogP contribution < -0.4 is 9.64 Å². The lowest BCUT2D eigenvalue weighted by Gasteiger charge is -2.39. The molecule has 5 rings (SSSR count). The molecule has 1 fully saturated rings. The molecule has 144 valence electrons. The van der Waals surface area contributed by atoms with Crippen LogP contribution in [0.3, 0.4) is 0 Å². The molecule has 4 heteroatoms. The number of nitrogens with zero attached hydrogens (tertiary/aromatic N) is 2. The molecule has 1 saturated heterocycles. The van der Waals surface area contributed by atoms with E-state index in [1.54, 1.807) is 7.11 Å². The van der Waals surface area contributed by atoms with Crippen LogP contribution in [-0.4, -0.2) is 36.7 Å². The van der Waals surface area contributed by atoms with Crippen LogP contribution >= 0.6 is 0 Å². The summed E-state index contributed by atoms with van der Waals surface area (Å²) in [5, 5.41) is 0. The second-order valence-corrected chi connectivity index (χ2v) is 7.97. The van der Waals surface area contributed by atoms with Gasteiger partial charge in [0, 0.05) is 23.8 Å². The quantitative estimate of drug-likeness (QED) is 0.750. The fourth-order valence-corrected chi connectivity index (χ4v) is 5.11. The SMILES string of the molecule is COc1ccccc1C1=CC2CCC(C1)N2C(=O)N1CCCc2ccccc21. The number of hydrogen-bond donors (Lipinski definition) is 0. The van der Waals surface area contributed by atoms with Gasteiger partial charge in [-0.05, 0) is 55.4 Å². The Morgan fingerprint density at radius 1 is 1.07 bits per heavy atom. The van der Waals surface area contributed by atoms with Crippen molar-refractivity contribution in [2.24, 2.45) is 0 Å². The van der Waals surface area contributed by atoms with Crippen LogP contribution in [0.15, 0.2) is 54.6 Å². The summed E-state index contributed by atoms with van der Waals surface area (Å²) in [5.74, 6) is 0.915. The van der Waals surface area contributed by atoms with Gasteiger partial charge in [-0.15, -0.1) is 0 Å². The van der Waals surface area contributed by atoms with Gasteiger partial charge in [0.15, 0.2) is 0 Å². The molecular formula is C24H26N2O2. The van der Waals surface area contributed by atoms with Crippen LogP contribution in [0, 0.1) is 0 Å². The number of ether oxygens (including phenoxy) is 1. The van der Waals surface area contributed by atoms with E-state index in [0.29, 0.717) is 0 Å². The Morgan fingerprint density at radius 2 is 1.89 bits per heavy atom. The first-order valence-electron chi connectivity index (χ1n) is 10.3. The largest absolute Gasteiger partial charge is 0.496 e. The van der Waals surface area contributed by atoms with Gasteiger partial charge in [-0.2, -0.15) is 0 Å². The molecule has 0 N–H and O–H groups in total. The first-order valence-corrected chi connectivity index (χ1v) is 10.3. The van der Waals surface area contributed by atoms with Gasteiger partial charge in [0.1, 0.15) is 5.75 Å². The highest BCUT2D eigenvalue weighted by Crippen LogP contribution is 2.42. The molecule has 0 radical (unpaired) electrons. The fraction of sp³-hybridized carbons (Fsp3) is 0.375. The van der Waals surface area contributed by atoms with Gasteiger partial charge in [0.05, 0.1) is 13.2 Å². The van der Waals surface area contributed by atoms with Crippen LogP contribution in [0.5, 0.6) is 5.75 Å². The lowest BCUT2D eigenvalue weighted by molar-refractivity contribution is 0.186. The summed E-state index contributed by atoms with van der Waals surface area (Å²) in [5.41, 5.74) is 4.86. The minimum absolute atomic E-state index is 0.176. The minimum atomic E-state index is 0.176. The monoisotopic (exact) mass is 374 g/mol. The van der Waals surface area contributed by atoms with Crippen molar-refractivity contribution in [3.8, 4) is 5.75 Å². The van der Waals surface area contributed by atoms with Crippen molar-refractivity contribution in [3.63, 3.8) is 0 Å². The first-order chi connectivity index (χ1) is 13.8. The average Bonchev–Trinajstić information content (AvgIpc) is 3.02. The van der Waals surface area contributed by atoms with Crippen molar-refractivity contribution in [2.75, 3.05) is 18.6 Å². The molecule has 2 aromatic rings. The number of aryl methyl sites for hydroxylation is 1.